The highest BCUT2D eigenvalue weighted by atomic mass is 32.1. The number of thiazole rings is 1. The molecule has 124 valence electrons. The summed E-state index contributed by atoms with van der Waals surface area (Å²) in [7, 11) is 0. The van der Waals surface area contributed by atoms with Gasteiger partial charge in [-0.05, 0) is 37.5 Å². The molecule has 1 amide bonds. The summed E-state index contributed by atoms with van der Waals surface area (Å²) in [6, 6.07) is 14.4. The van der Waals surface area contributed by atoms with Crippen molar-refractivity contribution in [2.75, 3.05) is 6.54 Å². The minimum absolute atomic E-state index is 0.116. The van der Waals surface area contributed by atoms with Crippen molar-refractivity contribution >= 4 is 28.6 Å². The average molecular weight is 357 g/mol. The first-order valence-corrected chi connectivity index (χ1v) is 9.72. The highest BCUT2D eigenvalue weighted by molar-refractivity contribution is 7.16. The van der Waals surface area contributed by atoms with E-state index < -0.39 is 0 Å². The Hall–Kier alpha value is -1.98. The summed E-state index contributed by atoms with van der Waals surface area (Å²) in [6.07, 6.45) is 2.20. The summed E-state index contributed by atoms with van der Waals surface area (Å²) >= 11 is 3.43. The Balaban J connectivity index is 1.41. The predicted octanol–water partition coefficient (Wildman–Crippen LogP) is 4.47. The van der Waals surface area contributed by atoms with Crippen LogP contribution >= 0.6 is 22.7 Å². The molecule has 0 saturated heterocycles. The lowest BCUT2D eigenvalue weighted by atomic mass is 10.1. The van der Waals surface area contributed by atoms with Gasteiger partial charge in [0.05, 0.1) is 15.6 Å². The SMILES string of the molecule is Cc1nc(-c2ccc(CCNC(=O)CCc3ccccc3)s2)cs1. The summed E-state index contributed by atoms with van der Waals surface area (Å²) in [4.78, 5) is 18.9. The van der Waals surface area contributed by atoms with Crippen molar-refractivity contribution in [3.05, 3.63) is 63.3 Å². The van der Waals surface area contributed by atoms with E-state index in [2.05, 4.69) is 39.9 Å². The Morgan fingerprint density at radius 3 is 2.71 bits per heavy atom. The summed E-state index contributed by atoms with van der Waals surface area (Å²) in [5, 5.41) is 6.19. The maximum atomic E-state index is 11.9. The summed E-state index contributed by atoms with van der Waals surface area (Å²) < 4.78 is 0. The number of thiophene rings is 1. The van der Waals surface area contributed by atoms with Crippen LogP contribution in [0.5, 0.6) is 0 Å². The van der Waals surface area contributed by atoms with Crippen LogP contribution in [0, 0.1) is 6.92 Å². The average Bonchev–Trinajstić information content (AvgIpc) is 3.23. The van der Waals surface area contributed by atoms with E-state index in [1.165, 1.54) is 15.3 Å². The minimum atomic E-state index is 0.116. The molecule has 0 aliphatic rings. The first-order chi connectivity index (χ1) is 11.7. The number of amides is 1. The molecule has 0 unspecified atom stereocenters. The second kappa shape index (κ2) is 8.22. The summed E-state index contributed by atoms with van der Waals surface area (Å²) in [5.74, 6) is 0.116. The lowest BCUT2D eigenvalue weighted by Crippen LogP contribution is -2.25. The zero-order valence-corrected chi connectivity index (χ0v) is 15.3. The van der Waals surface area contributed by atoms with Crippen LogP contribution in [0.4, 0.5) is 0 Å². The van der Waals surface area contributed by atoms with Gasteiger partial charge in [-0.2, -0.15) is 0 Å². The van der Waals surface area contributed by atoms with Crippen LogP contribution in [-0.4, -0.2) is 17.4 Å². The van der Waals surface area contributed by atoms with Gasteiger partial charge in [0.15, 0.2) is 0 Å². The molecule has 24 heavy (non-hydrogen) atoms. The highest BCUT2D eigenvalue weighted by Crippen LogP contribution is 2.29. The number of carbonyl (C=O) groups excluding carboxylic acids is 1. The molecule has 2 aromatic heterocycles. The van der Waals surface area contributed by atoms with Gasteiger partial charge in [-0.1, -0.05) is 30.3 Å². The van der Waals surface area contributed by atoms with Gasteiger partial charge in [0, 0.05) is 23.2 Å². The standard InChI is InChI=1S/C19H20N2OS2/c1-14-21-17(13-23-14)18-9-8-16(24-18)11-12-20-19(22)10-7-15-5-3-2-4-6-15/h2-6,8-9,13H,7,10-12H2,1H3,(H,20,22). The predicted molar refractivity (Wildman–Crippen MR) is 102 cm³/mol. The molecule has 0 radical (unpaired) electrons. The minimum Gasteiger partial charge on any atom is -0.356 e. The molecule has 2 heterocycles. The lowest BCUT2D eigenvalue weighted by molar-refractivity contribution is -0.121. The van der Waals surface area contributed by atoms with Crippen LogP contribution in [0.25, 0.3) is 10.6 Å². The van der Waals surface area contributed by atoms with Crippen molar-refractivity contribution in [1.82, 2.24) is 10.3 Å². The van der Waals surface area contributed by atoms with Crippen LogP contribution in [0.15, 0.2) is 47.8 Å². The van der Waals surface area contributed by atoms with Gasteiger partial charge < -0.3 is 5.32 Å². The van der Waals surface area contributed by atoms with Gasteiger partial charge in [0.1, 0.15) is 0 Å². The monoisotopic (exact) mass is 356 g/mol. The molecule has 3 aromatic rings. The van der Waals surface area contributed by atoms with Crippen molar-refractivity contribution in [2.24, 2.45) is 0 Å². The molecular weight excluding hydrogens is 336 g/mol. The Labute approximate surface area is 150 Å². The fourth-order valence-corrected chi connectivity index (χ4v) is 4.10. The van der Waals surface area contributed by atoms with E-state index in [1.807, 2.05) is 25.1 Å². The fourth-order valence-electron chi connectivity index (χ4n) is 2.44. The van der Waals surface area contributed by atoms with Crippen LogP contribution < -0.4 is 5.32 Å². The number of hydrogen-bond acceptors (Lipinski definition) is 4. The molecule has 5 heteroatoms. The number of nitrogens with one attached hydrogen (secondary N) is 1. The van der Waals surface area contributed by atoms with E-state index in [1.54, 1.807) is 22.7 Å². The maximum absolute atomic E-state index is 11.9. The van der Waals surface area contributed by atoms with E-state index in [9.17, 15) is 4.79 Å². The lowest BCUT2D eigenvalue weighted by Gasteiger charge is -2.04. The number of hydrogen-bond donors (Lipinski definition) is 1. The molecule has 1 N–H and O–H groups in total. The maximum Gasteiger partial charge on any atom is 0.220 e. The van der Waals surface area contributed by atoms with E-state index >= 15 is 0 Å². The first-order valence-electron chi connectivity index (χ1n) is 8.02. The van der Waals surface area contributed by atoms with Gasteiger partial charge in [0.2, 0.25) is 5.91 Å². The smallest absolute Gasteiger partial charge is 0.220 e. The number of carbonyl (C=O) groups is 1. The second-order valence-electron chi connectivity index (χ2n) is 5.60. The Morgan fingerprint density at radius 2 is 1.96 bits per heavy atom. The molecule has 0 fully saturated rings. The molecular formula is C19H20N2OS2. The highest BCUT2D eigenvalue weighted by Gasteiger charge is 2.07. The number of aryl methyl sites for hydroxylation is 2. The van der Waals surface area contributed by atoms with Crippen molar-refractivity contribution < 1.29 is 4.79 Å². The first kappa shape index (κ1) is 16.9. The van der Waals surface area contributed by atoms with Gasteiger partial charge >= 0.3 is 0 Å². The molecule has 3 rings (SSSR count). The van der Waals surface area contributed by atoms with Crippen LogP contribution in [0.2, 0.25) is 0 Å². The Kier molecular flexibility index (Phi) is 5.77. The van der Waals surface area contributed by atoms with Crippen molar-refractivity contribution in [3.63, 3.8) is 0 Å². The molecule has 0 bridgehead atoms. The summed E-state index contributed by atoms with van der Waals surface area (Å²) in [5.41, 5.74) is 2.26. The Morgan fingerprint density at radius 1 is 1.12 bits per heavy atom. The van der Waals surface area contributed by atoms with Gasteiger partial charge in [-0.25, -0.2) is 4.98 Å². The molecule has 1 aromatic carbocycles. The molecule has 0 saturated carbocycles. The number of rotatable bonds is 7. The molecule has 0 spiro atoms. The zero-order chi connectivity index (χ0) is 16.8. The third kappa shape index (κ3) is 4.76. The normalized spacial score (nSPS) is 10.7. The van der Waals surface area contributed by atoms with Crippen molar-refractivity contribution in [1.29, 1.82) is 0 Å². The number of aromatic nitrogens is 1. The molecule has 0 aliphatic heterocycles. The zero-order valence-electron chi connectivity index (χ0n) is 13.6. The third-order valence-corrected chi connectivity index (χ3v) is 5.65. The Bertz CT molecular complexity index is 793. The van der Waals surface area contributed by atoms with Crippen molar-refractivity contribution in [3.8, 4) is 10.6 Å². The molecule has 3 nitrogen and oxygen atoms in total. The van der Waals surface area contributed by atoms with Gasteiger partial charge in [-0.15, -0.1) is 22.7 Å². The van der Waals surface area contributed by atoms with Gasteiger partial charge in [-0.3, -0.25) is 4.79 Å². The third-order valence-electron chi connectivity index (χ3n) is 3.71. The number of benzene rings is 1. The second-order valence-corrected chi connectivity index (χ2v) is 7.83. The van der Waals surface area contributed by atoms with E-state index in [-0.39, 0.29) is 5.91 Å². The van der Waals surface area contributed by atoms with E-state index in [4.69, 9.17) is 0 Å². The molecule has 0 aliphatic carbocycles. The quantitative estimate of drug-likeness (QED) is 0.678. The summed E-state index contributed by atoms with van der Waals surface area (Å²) in [6.45, 7) is 2.71. The number of nitrogens with zero attached hydrogens (tertiary/aromatic N) is 1. The van der Waals surface area contributed by atoms with Crippen molar-refractivity contribution in [2.45, 2.75) is 26.2 Å². The molecule has 0 atom stereocenters. The van der Waals surface area contributed by atoms with Crippen LogP contribution in [-0.2, 0) is 17.6 Å². The topological polar surface area (TPSA) is 42.0 Å². The van der Waals surface area contributed by atoms with Gasteiger partial charge in [0.25, 0.3) is 0 Å². The van der Waals surface area contributed by atoms with E-state index in [0.717, 1.165) is 23.5 Å². The fraction of sp³-hybridized carbons (Fsp3) is 0.263. The van der Waals surface area contributed by atoms with E-state index in [0.29, 0.717) is 13.0 Å². The largest absolute Gasteiger partial charge is 0.356 e. The van der Waals surface area contributed by atoms with Crippen LogP contribution in [0.1, 0.15) is 21.9 Å². The van der Waals surface area contributed by atoms with Crippen LogP contribution in [0.3, 0.4) is 0 Å².